The third kappa shape index (κ3) is 3.93. The molecule has 2 aromatic heterocycles. The molecule has 0 radical (unpaired) electrons. The van der Waals surface area contributed by atoms with Crippen LogP contribution in [-0.2, 0) is 15.0 Å². The molecule has 2 aliphatic rings. The molecule has 2 aliphatic heterocycles. The first-order valence-corrected chi connectivity index (χ1v) is 10.0. The fraction of sp³-hybridized carbons (Fsp3) is 0.471. The van der Waals surface area contributed by atoms with Gasteiger partial charge in [-0.3, -0.25) is 0 Å². The topological polar surface area (TPSA) is 91.8 Å². The number of pyridine rings is 1. The van der Waals surface area contributed by atoms with Gasteiger partial charge in [-0.05, 0) is 22.0 Å². The predicted octanol–water partition coefficient (Wildman–Crippen LogP) is 2.73. The Morgan fingerprint density at radius 2 is 2.11 bits per heavy atom. The quantitative estimate of drug-likeness (QED) is 0.715. The number of rotatable bonds is 6. The van der Waals surface area contributed by atoms with Gasteiger partial charge in [-0.25, -0.2) is 9.78 Å². The summed E-state index contributed by atoms with van der Waals surface area (Å²) in [4.78, 5) is 20.9. The van der Waals surface area contributed by atoms with Gasteiger partial charge >= 0.3 is 6.09 Å². The van der Waals surface area contributed by atoms with Crippen LogP contribution < -0.4 is 14.8 Å². The minimum atomic E-state index is -0.640. The van der Waals surface area contributed by atoms with E-state index in [0.717, 1.165) is 5.01 Å². The SMILES string of the molecule is CC1(COc2nc(OC(=O)NC3(c4nccs4)COC3)ccc2Br)COC1. The molecule has 8 nitrogen and oxygen atoms in total. The van der Waals surface area contributed by atoms with Crippen molar-refractivity contribution in [3.8, 4) is 11.8 Å². The summed E-state index contributed by atoms with van der Waals surface area (Å²) in [6, 6.07) is 3.33. The number of carbonyl (C=O) groups excluding carboxylic acids is 1. The van der Waals surface area contributed by atoms with E-state index in [1.54, 1.807) is 18.3 Å². The summed E-state index contributed by atoms with van der Waals surface area (Å²) in [5.74, 6) is 0.519. The molecule has 0 bridgehead atoms. The Balaban J connectivity index is 1.40. The fourth-order valence-electron chi connectivity index (χ4n) is 2.67. The second kappa shape index (κ2) is 7.34. The van der Waals surface area contributed by atoms with E-state index in [9.17, 15) is 4.79 Å². The lowest BCUT2D eigenvalue weighted by Crippen LogP contribution is -2.59. The number of nitrogens with one attached hydrogen (secondary N) is 1. The van der Waals surface area contributed by atoms with Crippen molar-refractivity contribution in [2.24, 2.45) is 5.41 Å². The van der Waals surface area contributed by atoms with E-state index in [1.807, 2.05) is 5.38 Å². The van der Waals surface area contributed by atoms with Crippen LogP contribution in [0.2, 0.25) is 0 Å². The van der Waals surface area contributed by atoms with Gasteiger partial charge in [0.25, 0.3) is 0 Å². The zero-order chi connectivity index (χ0) is 18.9. The van der Waals surface area contributed by atoms with Crippen LogP contribution in [0, 0.1) is 5.41 Å². The average Bonchev–Trinajstić information content (AvgIpc) is 3.11. The van der Waals surface area contributed by atoms with E-state index in [0.29, 0.717) is 43.4 Å². The molecule has 0 aromatic carbocycles. The maximum absolute atomic E-state index is 12.4. The van der Waals surface area contributed by atoms with E-state index in [2.05, 4.69) is 38.1 Å². The molecule has 4 heterocycles. The lowest BCUT2D eigenvalue weighted by atomic mass is 9.90. The number of thiazole rings is 1. The van der Waals surface area contributed by atoms with E-state index in [-0.39, 0.29) is 11.3 Å². The molecule has 0 spiro atoms. The number of amides is 1. The molecule has 27 heavy (non-hydrogen) atoms. The third-order valence-electron chi connectivity index (χ3n) is 4.32. The number of carbonyl (C=O) groups is 1. The van der Waals surface area contributed by atoms with Gasteiger partial charge in [0.1, 0.15) is 10.5 Å². The van der Waals surface area contributed by atoms with Gasteiger partial charge < -0.3 is 24.3 Å². The maximum atomic E-state index is 12.4. The molecular formula is C17H18BrN3O5S. The Morgan fingerprint density at radius 1 is 1.33 bits per heavy atom. The van der Waals surface area contributed by atoms with Crippen LogP contribution in [0.3, 0.4) is 0 Å². The Bertz CT molecular complexity index is 824. The van der Waals surface area contributed by atoms with Crippen molar-refractivity contribution in [3.05, 3.63) is 33.2 Å². The summed E-state index contributed by atoms with van der Waals surface area (Å²) in [7, 11) is 0. The van der Waals surface area contributed by atoms with Crippen molar-refractivity contribution >= 4 is 33.4 Å². The van der Waals surface area contributed by atoms with Crippen LogP contribution >= 0.6 is 27.3 Å². The Kier molecular flexibility index (Phi) is 5.06. The van der Waals surface area contributed by atoms with Crippen LogP contribution in [0.1, 0.15) is 11.9 Å². The average molecular weight is 456 g/mol. The van der Waals surface area contributed by atoms with Crippen molar-refractivity contribution in [3.63, 3.8) is 0 Å². The van der Waals surface area contributed by atoms with Gasteiger partial charge in [-0.1, -0.05) is 6.92 Å². The molecular weight excluding hydrogens is 438 g/mol. The Labute approximate surface area is 168 Å². The minimum Gasteiger partial charge on any atom is -0.476 e. The molecule has 2 aromatic rings. The van der Waals surface area contributed by atoms with Crippen LogP contribution in [-0.4, -0.2) is 49.1 Å². The second-order valence-electron chi connectivity index (χ2n) is 6.96. The fourth-order valence-corrected chi connectivity index (χ4v) is 3.77. The molecule has 1 amide bonds. The molecule has 0 atom stereocenters. The third-order valence-corrected chi connectivity index (χ3v) is 5.90. The number of aromatic nitrogens is 2. The predicted molar refractivity (Wildman–Crippen MR) is 100 cm³/mol. The lowest BCUT2D eigenvalue weighted by molar-refractivity contribution is -0.120. The van der Waals surface area contributed by atoms with Crippen molar-refractivity contribution in [1.29, 1.82) is 0 Å². The molecule has 1 N–H and O–H groups in total. The van der Waals surface area contributed by atoms with Crippen LogP contribution in [0.4, 0.5) is 4.79 Å². The lowest BCUT2D eigenvalue weighted by Gasteiger charge is -2.39. The standard InChI is InChI=1S/C17H18BrN3O5S/c1-16(6-23-7-16)8-25-13-11(18)2-3-12(20-13)26-15(22)21-17(9-24-10-17)14-19-4-5-27-14/h2-5H,6-10H2,1H3,(H,21,22). The van der Waals surface area contributed by atoms with Crippen molar-refractivity contribution < 1.29 is 23.7 Å². The van der Waals surface area contributed by atoms with Crippen molar-refractivity contribution in [2.45, 2.75) is 12.5 Å². The summed E-state index contributed by atoms with van der Waals surface area (Å²) >= 11 is 4.86. The van der Waals surface area contributed by atoms with Crippen LogP contribution in [0.25, 0.3) is 0 Å². The van der Waals surface area contributed by atoms with Gasteiger partial charge in [-0.15, -0.1) is 11.3 Å². The Hall–Kier alpha value is -1.75. The maximum Gasteiger partial charge on any atom is 0.414 e. The van der Waals surface area contributed by atoms with Crippen molar-refractivity contribution in [2.75, 3.05) is 33.0 Å². The van der Waals surface area contributed by atoms with Gasteiger partial charge in [0, 0.05) is 23.1 Å². The highest BCUT2D eigenvalue weighted by Gasteiger charge is 2.44. The van der Waals surface area contributed by atoms with E-state index in [4.69, 9.17) is 18.9 Å². The molecule has 0 unspecified atom stereocenters. The molecule has 10 heteroatoms. The highest BCUT2D eigenvalue weighted by atomic mass is 79.9. The van der Waals surface area contributed by atoms with Gasteiger partial charge in [0.15, 0.2) is 0 Å². The van der Waals surface area contributed by atoms with Gasteiger partial charge in [0.05, 0.1) is 37.5 Å². The first-order valence-electron chi connectivity index (χ1n) is 8.33. The smallest absolute Gasteiger partial charge is 0.414 e. The molecule has 2 fully saturated rings. The monoisotopic (exact) mass is 455 g/mol. The number of hydrogen-bond acceptors (Lipinski definition) is 8. The summed E-state index contributed by atoms with van der Waals surface area (Å²) in [6.07, 6.45) is 1.08. The van der Waals surface area contributed by atoms with Crippen LogP contribution in [0.15, 0.2) is 28.2 Å². The first-order chi connectivity index (χ1) is 13.0. The van der Waals surface area contributed by atoms with Gasteiger partial charge in [-0.2, -0.15) is 4.98 Å². The Morgan fingerprint density at radius 3 is 2.70 bits per heavy atom. The summed E-state index contributed by atoms with van der Waals surface area (Å²) in [5.41, 5.74) is -0.654. The zero-order valence-corrected chi connectivity index (χ0v) is 17.0. The second-order valence-corrected chi connectivity index (χ2v) is 8.70. The van der Waals surface area contributed by atoms with Crippen LogP contribution in [0.5, 0.6) is 11.8 Å². The van der Waals surface area contributed by atoms with E-state index < -0.39 is 11.6 Å². The normalized spacial score (nSPS) is 19.5. The largest absolute Gasteiger partial charge is 0.476 e. The van der Waals surface area contributed by atoms with Gasteiger partial charge in [0.2, 0.25) is 11.8 Å². The molecule has 0 aliphatic carbocycles. The number of nitrogens with zero attached hydrogens (tertiary/aromatic N) is 2. The molecule has 0 saturated carbocycles. The minimum absolute atomic E-state index is 0.0142. The molecule has 144 valence electrons. The number of halogens is 1. The summed E-state index contributed by atoms with van der Waals surface area (Å²) in [5, 5.41) is 5.49. The van der Waals surface area contributed by atoms with E-state index >= 15 is 0 Å². The summed E-state index contributed by atoms with van der Waals surface area (Å²) < 4.78 is 22.3. The molecule has 2 saturated heterocycles. The first kappa shape index (κ1) is 18.6. The zero-order valence-electron chi connectivity index (χ0n) is 14.6. The number of ether oxygens (including phenoxy) is 4. The van der Waals surface area contributed by atoms with Crippen molar-refractivity contribution in [1.82, 2.24) is 15.3 Å². The highest BCUT2D eigenvalue weighted by molar-refractivity contribution is 9.10. The number of hydrogen-bond donors (Lipinski definition) is 1. The molecule has 4 rings (SSSR count). The highest BCUT2D eigenvalue weighted by Crippen LogP contribution is 2.32. The van der Waals surface area contributed by atoms with E-state index in [1.165, 1.54) is 11.3 Å². The summed E-state index contributed by atoms with van der Waals surface area (Å²) in [6.45, 7) is 4.58.